The first-order chi connectivity index (χ1) is 10.1. The number of benzene rings is 2. The van der Waals surface area contributed by atoms with Crippen molar-refractivity contribution in [2.75, 3.05) is 6.54 Å². The highest BCUT2D eigenvalue weighted by molar-refractivity contribution is 6.30. The van der Waals surface area contributed by atoms with E-state index in [1.165, 1.54) is 6.07 Å². The summed E-state index contributed by atoms with van der Waals surface area (Å²) < 4.78 is 27.2. The quantitative estimate of drug-likeness (QED) is 0.800. The van der Waals surface area contributed by atoms with E-state index in [0.717, 1.165) is 24.6 Å². The molecule has 0 aliphatic carbocycles. The Bertz CT molecular complexity index is 584. The Kier molecular flexibility index (Phi) is 5.71. The molecule has 1 N–H and O–H groups in total. The number of hydrogen-bond donors (Lipinski definition) is 1. The van der Waals surface area contributed by atoms with Crippen LogP contribution in [0.2, 0.25) is 5.02 Å². The standard InChI is InChI=1S/C17H18ClF2N/c1-2-10-21-16(12-6-8-14(18)9-7-12)11-13-4-3-5-15(19)17(13)20/h3-9,16,21H,2,10-11H2,1H3. The van der Waals surface area contributed by atoms with Gasteiger partial charge in [0.15, 0.2) is 11.6 Å². The zero-order valence-corrected chi connectivity index (χ0v) is 12.6. The van der Waals surface area contributed by atoms with Crippen LogP contribution in [-0.4, -0.2) is 6.54 Å². The molecular weight excluding hydrogens is 292 g/mol. The van der Waals surface area contributed by atoms with Gasteiger partial charge in [-0.1, -0.05) is 42.8 Å². The van der Waals surface area contributed by atoms with Crippen LogP contribution in [0.4, 0.5) is 8.78 Å². The topological polar surface area (TPSA) is 12.0 Å². The van der Waals surface area contributed by atoms with Crippen molar-refractivity contribution < 1.29 is 8.78 Å². The summed E-state index contributed by atoms with van der Waals surface area (Å²) >= 11 is 5.90. The molecule has 0 saturated carbocycles. The predicted molar refractivity (Wildman–Crippen MR) is 82.5 cm³/mol. The SMILES string of the molecule is CCCNC(Cc1cccc(F)c1F)c1ccc(Cl)cc1. The second kappa shape index (κ2) is 7.53. The molecule has 1 nitrogen and oxygen atoms in total. The minimum atomic E-state index is -0.808. The Balaban J connectivity index is 2.23. The molecule has 0 aromatic heterocycles. The van der Waals surface area contributed by atoms with E-state index in [9.17, 15) is 8.78 Å². The van der Waals surface area contributed by atoms with Gasteiger partial charge in [-0.2, -0.15) is 0 Å². The van der Waals surface area contributed by atoms with Gasteiger partial charge in [-0.25, -0.2) is 8.78 Å². The maximum Gasteiger partial charge on any atom is 0.162 e. The number of hydrogen-bond acceptors (Lipinski definition) is 1. The number of nitrogens with one attached hydrogen (secondary N) is 1. The van der Waals surface area contributed by atoms with Crippen molar-refractivity contribution in [3.8, 4) is 0 Å². The van der Waals surface area contributed by atoms with Gasteiger partial charge in [-0.15, -0.1) is 0 Å². The van der Waals surface area contributed by atoms with Crippen LogP contribution in [0.3, 0.4) is 0 Å². The fourth-order valence-corrected chi connectivity index (χ4v) is 2.37. The first-order valence-electron chi connectivity index (χ1n) is 7.03. The minimum Gasteiger partial charge on any atom is -0.310 e. The summed E-state index contributed by atoms with van der Waals surface area (Å²) in [6.45, 7) is 2.87. The highest BCUT2D eigenvalue weighted by Gasteiger charge is 2.15. The lowest BCUT2D eigenvalue weighted by Crippen LogP contribution is -2.24. The van der Waals surface area contributed by atoms with Gasteiger partial charge in [0.05, 0.1) is 0 Å². The Labute approximate surface area is 128 Å². The predicted octanol–water partition coefficient (Wildman–Crippen LogP) is 4.90. The third-order valence-corrected chi connectivity index (χ3v) is 3.62. The van der Waals surface area contributed by atoms with Crippen molar-refractivity contribution in [3.63, 3.8) is 0 Å². The van der Waals surface area contributed by atoms with E-state index in [4.69, 9.17) is 11.6 Å². The van der Waals surface area contributed by atoms with Gasteiger partial charge in [-0.05, 0) is 48.7 Å². The summed E-state index contributed by atoms with van der Waals surface area (Å²) in [5.74, 6) is -1.58. The highest BCUT2D eigenvalue weighted by atomic mass is 35.5. The van der Waals surface area contributed by atoms with Crippen LogP contribution in [0.15, 0.2) is 42.5 Å². The summed E-state index contributed by atoms with van der Waals surface area (Å²) in [7, 11) is 0. The first-order valence-corrected chi connectivity index (χ1v) is 7.41. The monoisotopic (exact) mass is 309 g/mol. The molecular formula is C17H18ClF2N. The van der Waals surface area contributed by atoms with Crippen LogP contribution < -0.4 is 5.32 Å². The summed E-state index contributed by atoms with van der Waals surface area (Å²) in [4.78, 5) is 0. The summed E-state index contributed by atoms with van der Waals surface area (Å²) in [5, 5.41) is 4.03. The summed E-state index contributed by atoms with van der Waals surface area (Å²) in [6.07, 6.45) is 1.36. The summed E-state index contributed by atoms with van der Waals surface area (Å²) in [5.41, 5.74) is 1.38. The average Bonchev–Trinajstić information content (AvgIpc) is 2.49. The van der Waals surface area contributed by atoms with E-state index in [0.29, 0.717) is 17.0 Å². The van der Waals surface area contributed by atoms with Gasteiger partial charge < -0.3 is 5.32 Å². The minimum absolute atomic E-state index is 0.0708. The van der Waals surface area contributed by atoms with Gasteiger partial charge in [0.1, 0.15) is 0 Å². The lowest BCUT2D eigenvalue weighted by atomic mass is 9.98. The van der Waals surface area contributed by atoms with Crippen LogP contribution >= 0.6 is 11.6 Å². The third-order valence-electron chi connectivity index (χ3n) is 3.37. The molecule has 2 aromatic carbocycles. The van der Waals surface area contributed by atoms with Crippen molar-refractivity contribution in [1.29, 1.82) is 0 Å². The highest BCUT2D eigenvalue weighted by Crippen LogP contribution is 2.23. The molecule has 21 heavy (non-hydrogen) atoms. The maximum atomic E-state index is 13.8. The molecule has 1 atom stereocenters. The van der Waals surface area contributed by atoms with E-state index < -0.39 is 11.6 Å². The molecule has 2 aromatic rings. The Morgan fingerprint density at radius 3 is 2.48 bits per heavy atom. The Morgan fingerprint density at radius 1 is 1.10 bits per heavy atom. The maximum absolute atomic E-state index is 13.8. The number of rotatable bonds is 6. The van der Waals surface area contributed by atoms with Crippen molar-refractivity contribution in [3.05, 3.63) is 70.2 Å². The fraction of sp³-hybridized carbons (Fsp3) is 0.294. The van der Waals surface area contributed by atoms with Crippen molar-refractivity contribution >= 4 is 11.6 Å². The van der Waals surface area contributed by atoms with Crippen LogP contribution in [0, 0.1) is 11.6 Å². The van der Waals surface area contributed by atoms with Crippen molar-refractivity contribution in [1.82, 2.24) is 5.32 Å². The van der Waals surface area contributed by atoms with Gasteiger partial charge in [0.25, 0.3) is 0 Å². The molecule has 0 saturated heterocycles. The molecule has 2 rings (SSSR count). The number of halogens is 3. The van der Waals surface area contributed by atoms with E-state index in [2.05, 4.69) is 12.2 Å². The van der Waals surface area contributed by atoms with Crippen LogP contribution in [0.5, 0.6) is 0 Å². The van der Waals surface area contributed by atoms with Gasteiger partial charge in [0, 0.05) is 11.1 Å². The molecule has 0 heterocycles. The van der Waals surface area contributed by atoms with Crippen molar-refractivity contribution in [2.45, 2.75) is 25.8 Å². The lowest BCUT2D eigenvalue weighted by molar-refractivity contribution is 0.477. The van der Waals surface area contributed by atoms with Gasteiger partial charge >= 0.3 is 0 Å². The van der Waals surface area contributed by atoms with E-state index in [-0.39, 0.29) is 6.04 Å². The van der Waals surface area contributed by atoms with E-state index >= 15 is 0 Å². The first kappa shape index (κ1) is 15.9. The van der Waals surface area contributed by atoms with Crippen LogP contribution in [-0.2, 0) is 6.42 Å². The molecule has 0 radical (unpaired) electrons. The third kappa shape index (κ3) is 4.26. The molecule has 0 aliphatic rings. The molecule has 112 valence electrons. The van der Waals surface area contributed by atoms with E-state index in [1.807, 2.05) is 12.1 Å². The van der Waals surface area contributed by atoms with Crippen molar-refractivity contribution in [2.24, 2.45) is 0 Å². The van der Waals surface area contributed by atoms with Crippen LogP contribution in [0.25, 0.3) is 0 Å². The second-order valence-electron chi connectivity index (χ2n) is 4.98. The molecule has 0 spiro atoms. The Hall–Kier alpha value is -1.45. The van der Waals surface area contributed by atoms with Crippen LogP contribution in [0.1, 0.15) is 30.5 Å². The molecule has 0 bridgehead atoms. The lowest BCUT2D eigenvalue weighted by Gasteiger charge is -2.19. The Morgan fingerprint density at radius 2 is 1.81 bits per heavy atom. The zero-order chi connectivity index (χ0) is 15.2. The molecule has 0 fully saturated rings. The van der Waals surface area contributed by atoms with E-state index in [1.54, 1.807) is 18.2 Å². The normalized spacial score (nSPS) is 12.4. The second-order valence-corrected chi connectivity index (χ2v) is 5.41. The zero-order valence-electron chi connectivity index (χ0n) is 11.9. The average molecular weight is 310 g/mol. The molecule has 1 unspecified atom stereocenters. The smallest absolute Gasteiger partial charge is 0.162 e. The molecule has 0 aliphatic heterocycles. The fourth-order valence-electron chi connectivity index (χ4n) is 2.25. The van der Waals surface area contributed by atoms with Gasteiger partial charge in [0.2, 0.25) is 0 Å². The van der Waals surface area contributed by atoms with Gasteiger partial charge in [-0.3, -0.25) is 0 Å². The largest absolute Gasteiger partial charge is 0.310 e. The molecule has 0 amide bonds. The summed E-state index contributed by atoms with van der Waals surface area (Å²) in [6, 6.07) is 11.6. The molecule has 4 heteroatoms.